The van der Waals surface area contributed by atoms with Gasteiger partial charge in [0.05, 0.1) is 0 Å². The molecule has 2 aromatic rings. The molecule has 0 saturated carbocycles. The Morgan fingerprint density at radius 3 is 2.75 bits per heavy atom. The van der Waals surface area contributed by atoms with E-state index >= 15 is 0 Å². The second kappa shape index (κ2) is 5.67. The van der Waals surface area contributed by atoms with E-state index in [0.29, 0.717) is 5.88 Å². The summed E-state index contributed by atoms with van der Waals surface area (Å²) in [6.45, 7) is 3.16. The molecule has 1 heterocycles. The van der Waals surface area contributed by atoms with Crippen molar-refractivity contribution >= 4 is 34.6 Å². The van der Waals surface area contributed by atoms with Crippen LogP contribution >= 0.6 is 23.2 Å². The second-order valence-electron chi connectivity index (χ2n) is 5.29. The number of benzene rings is 2. The molecule has 0 spiro atoms. The number of hydrogen-bond acceptors (Lipinski definition) is 1. The first kappa shape index (κ1) is 13.8. The van der Waals surface area contributed by atoms with Crippen LogP contribution in [0.25, 0.3) is 0 Å². The highest BCUT2D eigenvalue weighted by Gasteiger charge is 2.20. The first-order valence-corrected chi connectivity index (χ1v) is 7.82. The predicted octanol–water partition coefficient (Wildman–Crippen LogP) is 5.47. The van der Waals surface area contributed by atoms with Crippen molar-refractivity contribution in [1.29, 1.82) is 0 Å². The number of anilines is 2. The molecule has 3 heteroatoms. The Balaban J connectivity index is 2.11. The molecular weight excluding hydrogens is 289 g/mol. The maximum absolute atomic E-state index is 6.18. The fourth-order valence-corrected chi connectivity index (χ4v) is 3.27. The maximum atomic E-state index is 6.18. The number of fused-ring (bicyclic) bond motifs is 1. The van der Waals surface area contributed by atoms with Crippen LogP contribution in [0, 0.1) is 6.92 Å². The summed E-state index contributed by atoms with van der Waals surface area (Å²) >= 11 is 12.3. The van der Waals surface area contributed by atoms with E-state index in [1.807, 2.05) is 18.2 Å². The zero-order valence-corrected chi connectivity index (χ0v) is 13.0. The van der Waals surface area contributed by atoms with Crippen LogP contribution < -0.4 is 4.90 Å². The molecule has 2 aromatic carbocycles. The lowest BCUT2D eigenvalue weighted by Crippen LogP contribution is -2.25. The third-order valence-corrected chi connectivity index (χ3v) is 4.36. The Morgan fingerprint density at radius 1 is 1.10 bits per heavy atom. The van der Waals surface area contributed by atoms with Gasteiger partial charge in [-0.1, -0.05) is 35.4 Å². The fourth-order valence-electron chi connectivity index (χ4n) is 2.88. The number of rotatable bonds is 2. The van der Waals surface area contributed by atoms with Crippen molar-refractivity contribution in [1.82, 2.24) is 0 Å². The molecule has 104 valence electrons. The Morgan fingerprint density at radius 2 is 1.95 bits per heavy atom. The SMILES string of the molecule is Cc1ccc2c(c1)CCCN2c1cc(Cl)ccc1CCl. The molecule has 0 fully saturated rings. The zero-order valence-electron chi connectivity index (χ0n) is 11.5. The van der Waals surface area contributed by atoms with Gasteiger partial charge in [-0.05, 0) is 49.1 Å². The third kappa shape index (κ3) is 2.53. The summed E-state index contributed by atoms with van der Waals surface area (Å²) in [4.78, 5) is 2.35. The largest absolute Gasteiger partial charge is 0.341 e. The Hall–Kier alpha value is -1.18. The first-order chi connectivity index (χ1) is 9.69. The highest BCUT2D eigenvalue weighted by molar-refractivity contribution is 6.31. The lowest BCUT2D eigenvalue weighted by molar-refractivity contribution is 0.764. The first-order valence-electron chi connectivity index (χ1n) is 6.90. The van der Waals surface area contributed by atoms with Crippen molar-refractivity contribution in [2.45, 2.75) is 25.6 Å². The van der Waals surface area contributed by atoms with Crippen LogP contribution in [0.5, 0.6) is 0 Å². The van der Waals surface area contributed by atoms with Gasteiger partial charge in [-0.25, -0.2) is 0 Å². The molecule has 0 atom stereocenters. The van der Waals surface area contributed by atoms with Gasteiger partial charge >= 0.3 is 0 Å². The summed E-state index contributed by atoms with van der Waals surface area (Å²) in [7, 11) is 0. The number of aryl methyl sites for hydroxylation is 2. The van der Waals surface area contributed by atoms with E-state index in [0.717, 1.165) is 35.7 Å². The molecule has 0 saturated heterocycles. The van der Waals surface area contributed by atoms with Crippen LogP contribution in [0.2, 0.25) is 5.02 Å². The molecule has 0 radical (unpaired) electrons. The van der Waals surface area contributed by atoms with Crippen molar-refractivity contribution in [2.75, 3.05) is 11.4 Å². The van der Waals surface area contributed by atoms with E-state index in [2.05, 4.69) is 30.0 Å². The quantitative estimate of drug-likeness (QED) is 0.665. The van der Waals surface area contributed by atoms with Gasteiger partial charge in [-0.2, -0.15) is 0 Å². The van der Waals surface area contributed by atoms with E-state index in [1.165, 1.54) is 16.8 Å². The molecule has 0 unspecified atom stereocenters. The molecule has 0 amide bonds. The van der Waals surface area contributed by atoms with Crippen LogP contribution in [0.4, 0.5) is 11.4 Å². The summed E-state index contributed by atoms with van der Waals surface area (Å²) in [5.41, 5.74) is 6.28. The minimum Gasteiger partial charge on any atom is -0.341 e. The second-order valence-corrected chi connectivity index (χ2v) is 6.00. The van der Waals surface area contributed by atoms with E-state index in [9.17, 15) is 0 Å². The van der Waals surface area contributed by atoms with Crippen LogP contribution in [0.15, 0.2) is 36.4 Å². The van der Waals surface area contributed by atoms with Gasteiger partial charge in [0.2, 0.25) is 0 Å². The minimum atomic E-state index is 0.504. The molecule has 1 aliphatic rings. The van der Waals surface area contributed by atoms with Crippen molar-refractivity contribution < 1.29 is 0 Å². The van der Waals surface area contributed by atoms with E-state index in [4.69, 9.17) is 23.2 Å². The summed E-state index contributed by atoms with van der Waals surface area (Å²) in [6.07, 6.45) is 2.30. The highest BCUT2D eigenvalue weighted by atomic mass is 35.5. The Labute approximate surface area is 130 Å². The molecule has 1 nitrogen and oxygen atoms in total. The van der Waals surface area contributed by atoms with Gasteiger partial charge in [-0.3, -0.25) is 0 Å². The molecule has 0 aromatic heterocycles. The summed E-state index contributed by atoms with van der Waals surface area (Å²) in [5, 5.41) is 0.758. The van der Waals surface area contributed by atoms with Gasteiger partial charge in [0.15, 0.2) is 0 Å². The Kier molecular flexibility index (Phi) is 3.91. The van der Waals surface area contributed by atoms with Crippen molar-refractivity contribution in [2.24, 2.45) is 0 Å². The van der Waals surface area contributed by atoms with E-state index in [-0.39, 0.29) is 0 Å². The number of hydrogen-bond donors (Lipinski definition) is 0. The third-order valence-electron chi connectivity index (χ3n) is 3.84. The van der Waals surface area contributed by atoms with Crippen molar-refractivity contribution in [3.8, 4) is 0 Å². The van der Waals surface area contributed by atoms with Crippen LogP contribution in [-0.4, -0.2) is 6.54 Å². The van der Waals surface area contributed by atoms with Crippen molar-refractivity contribution in [3.63, 3.8) is 0 Å². The lowest BCUT2D eigenvalue weighted by atomic mass is 9.98. The summed E-state index contributed by atoms with van der Waals surface area (Å²) < 4.78 is 0. The number of nitrogens with zero attached hydrogens (tertiary/aromatic N) is 1. The average molecular weight is 306 g/mol. The average Bonchev–Trinajstić information content (AvgIpc) is 2.46. The van der Waals surface area contributed by atoms with Crippen LogP contribution in [-0.2, 0) is 12.3 Å². The number of alkyl halides is 1. The molecule has 0 aliphatic carbocycles. The molecule has 3 rings (SSSR count). The molecule has 0 bridgehead atoms. The maximum Gasteiger partial charge on any atom is 0.0494 e. The normalized spacial score (nSPS) is 14.2. The summed E-state index contributed by atoms with van der Waals surface area (Å²) in [5.74, 6) is 0.504. The minimum absolute atomic E-state index is 0.504. The van der Waals surface area contributed by atoms with Gasteiger partial charge in [0.1, 0.15) is 0 Å². The highest BCUT2D eigenvalue weighted by Crippen LogP contribution is 2.37. The predicted molar refractivity (Wildman–Crippen MR) is 87.5 cm³/mol. The summed E-state index contributed by atoms with van der Waals surface area (Å²) in [6, 6.07) is 12.6. The van der Waals surface area contributed by atoms with Gasteiger partial charge < -0.3 is 4.90 Å². The van der Waals surface area contributed by atoms with Gasteiger partial charge in [-0.15, -0.1) is 11.6 Å². The standard InChI is InChI=1S/C17H17Cl2N/c1-12-4-7-16-13(9-12)3-2-8-20(16)17-10-15(19)6-5-14(17)11-18/h4-7,9-10H,2-3,8,11H2,1H3. The van der Waals surface area contributed by atoms with Crippen LogP contribution in [0.3, 0.4) is 0 Å². The Bertz CT molecular complexity index is 637. The van der Waals surface area contributed by atoms with Gasteiger partial charge in [0, 0.05) is 28.8 Å². The lowest BCUT2D eigenvalue weighted by Gasteiger charge is -2.33. The molecule has 1 aliphatic heterocycles. The molecule has 20 heavy (non-hydrogen) atoms. The topological polar surface area (TPSA) is 3.24 Å². The molecular formula is C17H17Cl2N. The number of halogens is 2. The van der Waals surface area contributed by atoms with E-state index < -0.39 is 0 Å². The van der Waals surface area contributed by atoms with E-state index in [1.54, 1.807) is 0 Å². The van der Waals surface area contributed by atoms with Gasteiger partial charge in [0.25, 0.3) is 0 Å². The monoisotopic (exact) mass is 305 g/mol. The fraction of sp³-hybridized carbons (Fsp3) is 0.294. The molecule has 0 N–H and O–H groups in total. The smallest absolute Gasteiger partial charge is 0.0494 e. The zero-order chi connectivity index (χ0) is 14.1. The van der Waals surface area contributed by atoms with Crippen molar-refractivity contribution in [3.05, 3.63) is 58.1 Å². The van der Waals surface area contributed by atoms with Crippen LogP contribution in [0.1, 0.15) is 23.1 Å².